The van der Waals surface area contributed by atoms with E-state index in [1.54, 1.807) is 12.1 Å². The van der Waals surface area contributed by atoms with Gasteiger partial charge in [0.15, 0.2) is 0 Å². The Kier molecular flexibility index (Phi) is 4.76. The van der Waals surface area contributed by atoms with Crippen molar-refractivity contribution >= 4 is 11.7 Å². The Morgan fingerprint density at radius 2 is 2.09 bits per heavy atom. The molecule has 1 aliphatic carbocycles. The van der Waals surface area contributed by atoms with E-state index in [0.29, 0.717) is 32.5 Å². The van der Waals surface area contributed by atoms with Crippen molar-refractivity contribution in [1.29, 1.82) is 0 Å². The molecule has 0 spiro atoms. The monoisotopic (exact) mass is 319 g/mol. The number of carbonyl (C=O) groups is 2. The zero-order valence-corrected chi connectivity index (χ0v) is 13.3. The predicted molar refractivity (Wildman–Crippen MR) is 83.2 cm³/mol. The first kappa shape index (κ1) is 16.1. The quantitative estimate of drug-likeness (QED) is 0.860. The first-order chi connectivity index (χ1) is 11.0. The van der Waals surface area contributed by atoms with Crippen LogP contribution in [0.3, 0.4) is 0 Å². The zero-order valence-electron chi connectivity index (χ0n) is 13.3. The second-order valence-corrected chi connectivity index (χ2v) is 6.51. The molecule has 1 saturated heterocycles. The smallest absolute Gasteiger partial charge is 0.223 e. The van der Waals surface area contributed by atoms with Gasteiger partial charge in [-0.1, -0.05) is 19.1 Å². The molecule has 124 valence electrons. The lowest BCUT2D eigenvalue weighted by molar-refractivity contribution is -0.140. The van der Waals surface area contributed by atoms with E-state index >= 15 is 0 Å². The Morgan fingerprint density at radius 3 is 2.74 bits per heavy atom. The van der Waals surface area contributed by atoms with E-state index < -0.39 is 0 Å². The van der Waals surface area contributed by atoms with Crippen molar-refractivity contribution < 1.29 is 18.7 Å². The second-order valence-electron chi connectivity index (χ2n) is 6.51. The van der Waals surface area contributed by atoms with E-state index in [-0.39, 0.29) is 35.4 Å². The third kappa shape index (κ3) is 3.61. The first-order valence-electron chi connectivity index (χ1n) is 8.22. The lowest BCUT2D eigenvalue weighted by Gasteiger charge is -2.34. The summed E-state index contributed by atoms with van der Waals surface area (Å²) >= 11 is 0. The minimum atomic E-state index is -0.280. The van der Waals surface area contributed by atoms with Crippen LogP contribution in [0.25, 0.3) is 0 Å². The van der Waals surface area contributed by atoms with Gasteiger partial charge in [-0.3, -0.25) is 9.59 Å². The number of carbonyl (C=O) groups excluding carboxylic acids is 2. The van der Waals surface area contributed by atoms with Gasteiger partial charge in [-0.05, 0) is 30.0 Å². The molecule has 5 heteroatoms. The number of nitrogens with zero attached hydrogens (tertiary/aromatic N) is 1. The summed E-state index contributed by atoms with van der Waals surface area (Å²) in [6.07, 6.45) is 1.64. The van der Waals surface area contributed by atoms with E-state index in [1.807, 2.05) is 11.8 Å². The molecule has 0 unspecified atom stereocenters. The van der Waals surface area contributed by atoms with Crippen molar-refractivity contribution in [3.63, 3.8) is 0 Å². The lowest BCUT2D eigenvalue weighted by atomic mass is 9.93. The van der Waals surface area contributed by atoms with Crippen molar-refractivity contribution in [1.82, 2.24) is 4.90 Å². The maximum Gasteiger partial charge on any atom is 0.223 e. The predicted octanol–water partition coefficient (Wildman–Crippen LogP) is 2.73. The van der Waals surface area contributed by atoms with Crippen LogP contribution >= 0.6 is 0 Å². The van der Waals surface area contributed by atoms with Gasteiger partial charge < -0.3 is 9.64 Å². The third-order valence-electron chi connectivity index (χ3n) is 5.07. The standard InChI is InChI=1S/C18H22FNO3/c1-12-14(4-7-16(12)21)10-18(22)20-8-9-23-17(11-20)13-2-5-15(19)6-3-13/h2-3,5-6,12,14,17H,4,7-11H2,1H3/t12-,14+,17-/m0/s1. The zero-order chi connectivity index (χ0) is 16.4. The number of rotatable bonds is 3. The highest BCUT2D eigenvalue weighted by molar-refractivity contribution is 5.85. The minimum absolute atomic E-state index is 0.00659. The summed E-state index contributed by atoms with van der Waals surface area (Å²) < 4.78 is 18.7. The van der Waals surface area contributed by atoms with E-state index in [0.717, 1.165) is 12.0 Å². The van der Waals surface area contributed by atoms with Crippen LogP contribution in [0, 0.1) is 17.7 Å². The summed E-state index contributed by atoms with van der Waals surface area (Å²) in [6, 6.07) is 6.22. The summed E-state index contributed by atoms with van der Waals surface area (Å²) in [5.74, 6) is 0.244. The maximum absolute atomic E-state index is 13.0. The molecule has 1 heterocycles. The van der Waals surface area contributed by atoms with E-state index in [2.05, 4.69) is 0 Å². The number of amides is 1. The summed E-state index contributed by atoms with van der Waals surface area (Å²) in [7, 11) is 0. The second kappa shape index (κ2) is 6.79. The Morgan fingerprint density at radius 1 is 1.35 bits per heavy atom. The summed E-state index contributed by atoms with van der Waals surface area (Å²) in [5, 5.41) is 0. The number of Topliss-reactive ketones (excluding diaryl/α,β-unsaturated/α-hetero) is 1. The Hall–Kier alpha value is -1.75. The van der Waals surface area contributed by atoms with Crippen molar-refractivity contribution in [2.45, 2.75) is 32.3 Å². The van der Waals surface area contributed by atoms with Gasteiger partial charge in [-0.25, -0.2) is 4.39 Å². The number of ketones is 1. The molecular formula is C18H22FNO3. The Bertz CT molecular complexity index is 586. The molecule has 0 aromatic heterocycles. The molecule has 23 heavy (non-hydrogen) atoms. The van der Waals surface area contributed by atoms with Gasteiger partial charge in [0.2, 0.25) is 5.91 Å². The molecule has 2 aliphatic rings. The van der Waals surface area contributed by atoms with Crippen molar-refractivity contribution in [3.05, 3.63) is 35.6 Å². The van der Waals surface area contributed by atoms with Gasteiger partial charge in [-0.2, -0.15) is 0 Å². The SMILES string of the molecule is C[C@@H]1C(=O)CC[C@@H]1CC(=O)N1CCO[C@H](c2ccc(F)cc2)C1. The van der Waals surface area contributed by atoms with Crippen LogP contribution in [0.4, 0.5) is 4.39 Å². The molecule has 1 amide bonds. The van der Waals surface area contributed by atoms with Crippen molar-refractivity contribution in [2.24, 2.45) is 11.8 Å². The van der Waals surface area contributed by atoms with Crippen LogP contribution in [0.5, 0.6) is 0 Å². The Labute approximate surface area is 135 Å². The van der Waals surface area contributed by atoms with Gasteiger partial charge in [0, 0.05) is 25.3 Å². The summed E-state index contributed by atoms with van der Waals surface area (Å²) in [6.45, 7) is 3.46. The van der Waals surface area contributed by atoms with Crippen LogP contribution < -0.4 is 0 Å². The van der Waals surface area contributed by atoms with Gasteiger partial charge in [0.25, 0.3) is 0 Å². The number of hydrogen-bond acceptors (Lipinski definition) is 3. The van der Waals surface area contributed by atoms with Crippen molar-refractivity contribution in [2.75, 3.05) is 19.7 Å². The molecule has 4 nitrogen and oxygen atoms in total. The first-order valence-corrected chi connectivity index (χ1v) is 8.22. The molecule has 1 saturated carbocycles. The van der Waals surface area contributed by atoms with Gasteiger partial charge in [0.1, 0.15) is 17.7 Å². The van der Waals surface area contributed by atoms with Crippen molar-refractivity contribution in [3.8, 4) is 0 Å². The average Bonchev–Trinajstić information content (AvgIpc) is 2.88. The number of morpholine rings is 1. The molecule has 3 atom stereocenters. The molecule has 2 fully saturated rings. The van der Waals surface area contributed by atoms with Crippen LogP contribution in [0.2, 0.25) is 0 Å². The van der Waals surface area contributed by atoms with E-state index in [1.165, 1.54) is 12.1 Å². The van der Waals surface area contributed by atoms with Crippen LogP contribution in [0.1, 0.15) is 37.9 Å². The maximum atomic E-state index is 13.0. The fraction of sp³-hybridized carbons (Fsp3) is 0.556. The van der Waals surface area contributed by atoms with Gasteiger partial charge in [-0.15, -0.1) is 0 Å². The molecule has 0 bridgehead atoms. The lowest BCUT2D eigenvalue weighted by Crippen LogP contribution is -2.43. The summed E-state index contributed by atoms with van der Waals surface area (Å²) in [5.41, 5.74) is 0.883. The minimum Gasteiger partial charge on any atom is -0.370 e. The van der Waals surface area contributed by atoms with E-state index in [4.69, 9.17) is 4.74 Å². The molecule has 1 aliphatic heterocycles. The van der Waals surface area contributed by atoms with Gasteiger partial charge >= 0.3 is 0 Å². The number of hydrogen-bond donors (Lipinski definition) is 0. The Balaban J connectivity index is 1.60. The molecular weight excluding hydrogens is 297 g/mol. The fourth-order valence-corrected chi connectivity index (χ4v) is 3.46. The highest BCUT2D eigenvalue weighted by atomic mass is 19.1. The summed E-state index contributed by atoms with van der Waals surface area (Å²) in [4.78, 5) is 26.0. The molecule has 1 aromatic carbocycles. The molecule has 0 N–H and O–H groups in total. The van der Waals surface area contributed by atoms with Gasteiger partial charge in [0.05, 0.1) is 13.2 Å². The van der Waals surface area contributed by atoms with Crippen LogP contribution in [-0.2, 0) is 14.3 Å². The number of ether oxygens (including phenoxy) is 1. The average molecular weight is 319 g/mol. The molecule has 3 rings (SSSR count). The topological polar surface area (TPSA) is 46.6 Å². The van der Waals surface area contributed by atoms with Crippen LogP contribution in [-0.4, -0.2) is 36.3 Å². The number of benzene rings is 1. The van der Waals surface area contributed by atoms with E-state index in [9.17, 15) is 14.0 Å². The number of halogens is 1. The normalized spacial score (nSPS) is 28.2. The largest absolute Gasteiger partial charge is 0.370 e. The fourth-order valence-electron chi connectivity index (χ4n) is 3.46. The molecule has 0 radical (unpaired) electrons. The highest BCUT2D eigenvalue weighted by Gasteiger charge is 2.34. The third-order valence-corrected chi connectivity index (χ3v) is 5.07. The molecule has 1 aromatic rings. The highest BCUT2D eigenvalue weighted by Crippen LogP contribution is 2.32. The van der Waals surface area contributed by atoms with Crippen LogP contribution in [0.15, 0.2) is 24.3 Å².